The van der Waals surface area contributed by atoms with E-state index in [0.717, 1.165) is 17.8 Å². The zero-order chi connectivity index (χ0) is 18.7. The molecule has 0 fully saturated rings. The summed E-state index contributed by atoms with van der Waals surface area (Å²) in [5.41, 5.74) is 2.25. The highest BCUT2D eigenvalue weighted by Gasteiger charge is 2.21. The van der Waals surface area contributed by atoms with Gasteiger partial charge in [0.05, 0.1) is 29.7 Å². The van der Waals surface area contributed by atoms with Gasteiger partial charge in [-0.25, -0.2) is 4.98 Å². The lowest BCUT2D eigenvalue weighted by atomic mass is 10.1. The molecule has 0 spiro atoms. The quantitative estimate of drug-likeness (QED) is 0.676. The SMILES string of the molecule is COCC[NH2+][C@H](C)c1nc2ccccc2c(=O)n1-c1cccc(Cl)c1C. The number of nitrogens with zero attached hydrogens (tertiary/aromatic N) is 2. The van der Waals surface area contributed by atoms with Gasteiger partial charge < -0.3 is 10.1 Å². The molecule has 0 unspecified atom stereocenters. The molecular formula is C20H23ClN3O2+. The number of ether oxygens (including phenoxy) is 1. The van der Waals surface area contributed by atoms with Crippen molar-refractivity contribution < 1.29 is 10.1 Å². The molecule has 1 aromatic heterocycles. The van der Waals surface area contributed by atoms with E-state index >= 15 is 0 Å². The Labute approximate surface area is 157 Å². The minimum absolute atomic E-state index is 0.0131. The fourth-order valence-corrected chi connectivity index (χ4v) is 3.24. The predicted molar refractivity (Wildman–Crippen MR) is 104 cm³/mol. The first-order chi connectivity index (χ1) is 12.5. The molecule has 0 aliphatic heterocycles. The molecule has 3 rings (SSSR count). The molecule has 0 aliphatic carbocycles. The Kier molecular flexibility index (Phi) is 5.71. The molecule has 6 heteroatoms. The number of hydrogen-bond acceptors (Lipinski definition) is 3. The standard InChI is InChI=1S/C20H22ClN3O2/c1-13-16(21)8-6-10-18(13)24-19(14(2)22-11-12-26-3)23-17-9-5-4-7-15(17)20(24)25/h4-10,14,22H,11-12H2,1-3H3/p+1/t14-/m1/s1. The van der Waals surface area contributed by atoms with E-state index in [1.54, 1.807) is 11.7 Å². The number of fused-ring (bicyclic) bond motifs is 1. The first kappa shape index (κ1) is 18.6. The highest BCUT2D eigenvalue weighted by atomic mass is 35.5. The minimum Gasteiger partial charge on any atom is -0.379 e. The van der Waals surface area contributed by atoms with Crippen molar-refractivity contribution in [2.24, 2.45) is 0 Å². The van der Waals surface area contributed by atoms with Gasteiger partial charge in [-0.3, -0.25) is 9.36 Å². The smallest absolute Gasteiger partial charge is 0.266 e. The number of halogens is 1. The first-order valence-electron chi connectivity index (χ1n) is 8.64. The van der Waals surface area contributed by atoms with Crippen LogP contribution in [0.1, 0.15) is 24.4 Å². The van der Waals surface area contributed by atoms with Crippen LogP contribution in [0.2, 0.25) is 5.02 Å². The highest BCUT2D eigenvalue weighted by molar-refractivity contribution is 6.31. The maximum Gasteiger partial charge on any atom is 0.266 e. The number of benzene rings is 2. The zero-order valence-electron chi connectivity index (χ0n) is 15.2. The van der Waals surface area contributed by atoms with Gasteiger partial charge in [-0.2, -0.15) is 0 Å². The maximum absolute atomic E-state index is 13.3. The topological polar surface area (TPSA) is 60.7 Å². The van der Waals surface area contributed by atoms with Crippen LogP contribution in [0.15, 0.2) is 47.3 Å². The summed E-state index contributed by atoms with van der Waals surface area (Å²) in [5.74, 6) is 0.704. The first-order valence-corrected chi connectivity index (χ1v) is 9.02. The van der Waals surface area contributed by atoms with Crippen LogP contribution in [0.4, 0.5) is 0 Å². The predicted octanol–water partition coefficient (Wildman–Crippen LogP) is 2.62. The van der Waals surface area contributed by atoms with Crippen molar-refractivity contribution in [3.8, 4) is 5.69 Å². The monoisotopic (exact) mass is 372 g/mol. The van der Waals surface area contributed by atoms with Gasteiger partial charge in [0.1, 0.15) is 6.04 Å². The van der Waals surface area contributed by atoms with Crippen molar-refractivity contribution in [2.75, 3.05) is 20.3 Å². The Balaban J connectivity index is 2.24. The lowest BCUT2D eigenvalue weighted by molar-refractivity contribution is -0.695. The number of methoxy groups -OCH3 is 1. The summed E-state index contributed by atoms with van der Waals surface area (Å²) in [5, 5.41) is 3.35. The molecule has 2 N–H and O–H groups in total. The number of quaternary nitrogens is 1. The van der Waals surface area contributed by atoms with E-state index in [0.29, 0.717) is 28.4 Å². The van der Waals surface area contributed by atoms with Crippen molar-refractivity contribution in [2.45, 2.75) is 19.9 Å². The van der Waals surface area contributed by atoms with Crippen LogP contribution < -0.4 is 10.9 Å². The second-order valence-electron chi connectivity index (χ2n) is 6.32. The minimum atomic E-state index is -0.0806. The van der Waals surface area contributed by atoms with Gasteiger partial charge in [0.25, 0.3) is 5.56 Å². The lowest BCUT2D eigenvalue weighted by Gasteiger charge is -2.19. The van der Waals surface area contributed by atoms with Crippen molar-refractivity contribution in [3.05, 3.63) is 69.2 Å². The van der Waals surface area contributed by atoms with Crippen molar-refractivity contribution in [1.29, 1.82) is 0 Å². The Morgan fingerprint density at radius 3 is 2.77 bits per heavy atom. The third kappa shape index (κ3) is 3.51. The van der Waals surface area contributed by atoms with E-state index in [1.165, 1.54) is 0 Å². The number of hydrogen-bond donors (Lipinski definition) is 1. The molecular weight excluding hydrogens is 350 g/mol. The molecule has 0 saturated carbocycles. The molecule has 0 saturated heterocycles. The number of rotatable bonds is 6. The van der Waals surface area contributed by atoms with Crippen molar-refractivity contribution in [3.63, 3.8) is 0 Å². The van der Waals surface area contributed by atoms with Gasteiger partial charge in [-0.05, 0) is 43.7 Å². The summed E-state index contributed by atoms with van der Waals surface area (Å²) in [6, 6.07) is 13.0. The third-order valence-corrected chi connectivity index (χ3v) is 4.94. The van der Waals surface area contributed by atoms with Crippen LogP contribution in [0.3, 0.4) is 0 Å². The van der Waals surface area contributed by atoms with E-state index in [9.17, 15) is 4.79 Å². The molecule has 1 atom stereocenters. The fourth-order valence-electron chi connectivity index (χ4n) is 3.07. The van der Waals surface area contributed by atoms with E-state index < -0.39 is 0 Å². The van der Waals surface area contributed by atoms with Crippen LogP contribution in [0.25, 0.3) is 16.6 Å². The molecule has 136 valence electrons. The van der Waals surface area contributed by atoms with Crippen LogP contribution in [0, 0.1) is 6.92 Å². The second-order valence-corrected chi connectivity index (χ2v) is 6.72. The van der Waals surface area contributed by atoms with Gasteiger partial charge in [0.2, 0.25) is 0 Å². The average Bonchev–Trinajstić information content (AvgIpc) is 2.64. The normalized spacial score (nSPS) is 12.5. The number of nitrogens with two attached hydrogens (primary N) is 1. The highest BCUT2D eigenvalue weighted by Crippen LogP contribution is 2.24. The largest absolute Gasteiger partial charge is 0.379 e. The van der Waals surface area contributed by atoms with Crippen LogP contribution in [-0.2, 0) is 4.74 Å². The fraction of sp³-hybridized carbons (Fsp3) is 0.300. The maximum atomic E-state index is 13.3. The van der Waals surface area contributed by atoms with Gasteiger partial charge in [0, 0.05) is 12.1 Å². The van der Waals surface area contributed by atoms with Crippen molar-refractivity contribution in [1.82, 2.24) is 9.55 Å². The van der Waals surface area contributed by atoms with Gasteiger partial charge in [0.15, 0.2) is 5.82 Å². The summed E-state index contributed by atoms with van der Waals surface area (Å²) in [6.07, 6.45) is 0. The van der Waals surface area contributed by atoms with E-state index in [4.69, 9.17) is 21.3 Å². The molecule has 0 amide bonds. The van der Waals surface area contributed by atoms with Crippen LogP contribution in [0.5, 0.6) is 0 Å². The van der Waals surface area contributed by atoms with Gasteiger partial charge in [-0.15, -0.1) is 0 Å². The van der Waals surface area contributed by atoms with Crippen LogP contribution >= 0.6 is 11.6 Å². The molecule has 5 nitrogen and oxygen atoms in total. The Morgan fingerprint density at radius 1 is 1.23 bits per heavy atom. The summed E-state index contributed by atoms with van der Waals surface area (Å²) in [6.45, 7) is 5.39. The summed E-state index contributed by atoms with van der Waals surface area (Å²) >= 11 is 6.31. The van der Waals surface area contributed by atoms with Gasteiger partial charge >= 0.3 is 0 Å². The average molecular weight is 373 g/mol. The van der Waals surface area contributed by atoms with Crippen molar-refractivity contribution >= 4 is 22.5 Å². The van der Waals surface area contributed by atoms with E-state index in [1.807, 2.05) is 56.3 Å². The molecule has 0 bridgehead atoms. The lowest BCUT2D eigenvalue weighted by Crippen LogP contribution is -2.86. The Morgan fingerprint density at radius 2 is 2.00 bits per heavy atom. The van der Waals surface area contributed by atoms with E-state index in [2.05, 4.69) is 5.32 Å². The summed E-state index contributed by atoms with van der Waals surface area (Å²) < 4.78 is 6.83. The van der Waals surface area contributed by atoms with Gasteiger partial charge in [-0.1, -0.05) is 29.8 Å². The Bertz CT molecular complexity index is 984. The molecule has 0 aliphatic rings. The van der Waals surface area contributed by atoms with Crippen LogP contribution in [-0.4, -0.2) is 29.8 Å². The third-order valence-electron chi connectivity index (χ3n) is 4.53. The number of aromatic nitrogens is 2. The second kappa shape index (κ2) is 7.99. The molecule has 0 radical (unpaired) electrons. The summed E-state index contributed by atoms with van der Waals surface area (Å²) in [4.78, 5) is 18.1. The summed E-state index contributed by atoms with van der Waals surface area (Å²) in [7, 11) is 1.68. The Hall–Kier alpha value is -2.21. The molecule has 1 heterocycles. The number of para-hydroxylation sites is 1. The van der Waals surface area contributed by atoms with E-state index in [-0.39, 0.29) is 11.6 Å². The molecule has 26 heavy (non-hydrogen) atoms. The zero-order valence-corrected chi connectivity index (χ0v) is 16.0. The molecule has 2 aromatic carbocycles. The molecule has 3 aromatic rings.